The summed E-state index contributed by atoms with van der Waals surface area (Å²) in [5.74, 6) is 0.738. The predicted octanol–water partition coefficient (Wildman–Crippen LogP) is 3.47. The first-order valence-corrected chi connectivity index (χ1v) is 8.98. The number of fused-ring (bicyclic) bond motifs is 1. The third kappa shape index (κ3) is 3.33. The minimum Gasteiger partial charge on any atom is -0.495 e. The largest absolute Gasteiger partial charge is 0.495 e. The molecule has 0 bridgehead atoms. The molecule has 1 aromatic heterocycles. The van der Waals surface area contributed by atoms with E-state index in [1.165, 1.54) is 5.69 Å². The number of nitrogens with one attached hydrogen (secondary N) is 1. The molecule has 3 N–H and O–H groups in total. The number of morpholine rings is 1. The zero-order valence-corrected chi connectivity index (χ0v) is 14.8. The second kappa shape index (κ2) is 6.78. The highest BCUT2D eigenvalue weighted by Gasteiger charge is 2.13. The molecule has 0 saturated carbocycles. The van der Waals surface area contributed by atoms with E-state index in [0.29, 0.717) is 5.69 Å². The molecular weight excluding hydrogens is 336 g/mol. The molecule has 0 unspecified atom stereocenters. The van der Waals surface area contributed by atoms with Crippen LogP contribution in [0.2, 0.25) is 0 Å². The van der Waals surface area contributed by atoms with Crippen LogP contribution in [-0.2, 0) is 4.74 Å². The standard InChI is InChI=1S/C18H20N4O2S/c1-23-16-4-2-12(19)10-14(16)20-18-21-15-11-13(3-5-17(15)25-18)22-6-8-24-9-7-22/h2-5,10-11H,6-9,19H2,1H3,(H,20,21). The number of anilines is 4. The summed E-state index contributed by atoms with van der Waals surface area (Å²) >= 11 is 1.61. The van der Waals surface area contributed by atoms with E-state index in [1.54, 1.807) is 18.4 Å². The van der Waals surface area contributed by atoms with Crippen LogP contribution < -0.4 is 20.7 Å². The molecule has 3 aromatic rings. The third-order valence-corrected chi connectivity index (χ3v) is 5.16. The average Bonchev–Trinajstić information content (AvgIpc) is 3.04. The molecule has 4 rings (SSSR count). The Morgan fingerprint density at radius 1 is 1.20 bits per heavy atom. The Hall–Kier alpha value is -2.51. The summed E-state index contributed by atoms with van der Waals surface area (Å²) in [6, 6.07) is 11.9. The van der Waals surface area contributed by atoms with E-state index in [4.69, 9.17) is 20.2 Å². The van der Waals surface area contributed by atoms with Gasteiger partial charge in [0, 0.05) is 24.5 Å². The highest BCUT2D eigenvalue weighted by molar-refractivity contribution is 7.22. The van der Waals surface area contributed by atoms with Crippen LogP contribution in [0.25, 0.3) is 10.2 Å². The fraction of sp³-hybridized carbons (Fsp3) is 0.278. The number of hydrogen-bond acceptors (Lipinski definition) is 7. The molecule has 130 valence electrons. The van der Waals surface area contributed by atoms with Gasteiger partial charge in [0.25, 0.3) is 0 Å². The van der Waals surface area contributed by atoms with Gasteiger partial charge in [0.1, 0.15) is 5.75 Å². The van der Waals surface area contributed by atoms with Gasteiger partial charge in [-0.25, -0.2) is 4.98 Å². The Kier molecular flexibility index (Phi) is 4.33. The molecule has 0 spiro atoms. The zero-order chi connectivity index (χ0) is 17.2. The van der Waals surface area contributed by atoms with Crippen LogP contribution in [0.1, 0.15) is 0 Å². The van der Waals surface area contributed by atoms with Crippen molar-refractivity contribution in [3.63, 3.8) is 0 Å². The Labute approximate surface area is 150 Å². The Balaban J connectivity index is 1.62. The van der Waals surface area contributed by atoms with Crippen molar-refractivity contribution in [3.05, 3.63) is 36.4 Å². The lowest BCUT2D eigenvalue weighted by molar-refractivity contribution is 0.122. The van der Waals surface area contributed by atoms with Crippen molar-refractivity contribution < 1.29 is 9.47 Å². The number of nitrogens with two attached hydrogens (primary N) is 1. The highest BCUT2D eigenvalue weighted by Crippen LogP contribution is 2.34. The van der Waals surface area contributed by atoms with Crippen LogP contribution in [0.4, 0.5) is 22.2 Å². The lowest BCUT2D eigenvalue weighted by Gasteiger charge is -2.28. The molecule has 0 amide bonds. The normalized spacial score (nSPS) is 14.7. The lowest BCUT2D eigenvalue weighted by Crippen LogP contribution is -2.36. The van der Waals surface area contributed by atoms with Gasteiger partial charge in [-0.15, -0.1) is 0 Å². The smallest absolute Gasteiger partial charge is 0.188 e. The molecule has 1 saturated heterocycles. The summed E-state index contributed by atoms with van der Waals surface area (Å²) in [6.45, 7) is 3.39. The quantitative estimate of drug-likeness (QED) is 0.698. The van der Waals surface area contributed by atoms with E-state index in [0.717, 1.165) is 53.1 Å². The van der Waals surface area contributed by atoms with Crippen molar-refractivity contribution in [1.29, 1.82) is 0 Å². The summed E-state index contributed by atoms with van der Waals surface area (Å²) in [5, 5.41) is 4.14. The number of nitrogen functional groups attached to an aromatic ring is 1. The highest BCUT2D eigenvalue weighted by atomic mass is 32.1. The minimum atomic E-state index is 0.680. The van der Waals surface area contributed by atoms with Crippen molar-refractivity contribution in [3.8, 4) is 5.75 Å². The number of thiazole rings is 1. The maximum absolute atomic E-state index is 5.89. The van der Waals surface area contributed by atoms with Gasteiger partial charge in [-0.05, 0) is 36.4 Å². The summed E-state index contributed by atoms with van der Waals surface area (Å²) in [7, 11) is 1.64. The minimum absolute atomic E-state index is 0.680. The van der Waals surface area contributed by atoms with Crippen LogP contribution in [0.5, 0.6) is 5.75 Å². The SMILES string of the molecule is COc1ccc(N)cc1Nc1nc2cc(N3CCOCC3)ccc2s1. The van der Waals surface area contributed by atoms with Gasteiger partial charge in [0.2, 0.25) is 0 Å². The van der Waals surface area contributed by atoms with Gasteiger partial charge >= 0.3 is 0 Å². The van der Waals surface area contributed by atoms with E-state index in [1.807, 2.05) is 18.2 Å². The summed E-state index contributed by atoms with van der Waals surface area (Å²) in [6.07, 6.45) is 0. The number of hydrogen-bond donors (Lipinski definition) is 2. The molecule has 2 aromatic carbocycles. The van der Waals surface area contributed by atoms with Crippen LogP contribution >= 0.6 is 11.3 Å². The summed E-state index contributed by atoms with van der Waals surface area (Å²) in [5.41, 5.74) is 9.55. The van der Waals surface area contributed by atoms with Crippen molar-refractivity contribution in [1.82, 2.24) is 4.98 Å². The van der Waals surface area contributed by atoms with Crippen LogP contribution in [0.3, 0.4) is 0 Å². The molecule has 1 aliphatic rings. The Morgan fingerprint density at radius 3 is 2.84 bits per heavy atom. The average molecular weight is 356 g/mol. The molecule has 2 heterocycles. The van der Waals surface area contributed by atoms with Gasteiger partial charge in [-0.1, -0.05) is 11.3 Å². The van der Waals surface area contributed by atoms with E-state index in [2.05, 4.69) is 28.4 Å². The Morgan fingerprint density at radius 2 is 2.04 bits per heavy atom. The van der Waals surface area contributed by atoms with E-state index in [9.17, 15) is 0 Å². The first-order chi connectivity index (χ1) is 12.2. The second-order valence-corrected chi connectivity index (χ2v) is 6.89. The maximum Gasteiger partial charge on any atom is 0.188 e. The first-order valence-electron chi connectivity index (χ1n) is 8.17. The van der Waals surface area contributed by atoms with Gasteiger partial charge in [0.05, 0.1) is 36.2 Å². The zero-order valence-electron chi connectivity index (χ0n) is 14.0. The molecule has 0 atom stereocenters. The predicted molar refractivity (Wildman–Crippen MR) is 103 cm³/mol. The van der Waals surface area contributed by atoms with Gasteiger partial charge < -0.3 is 25.4 Å². The van der Waals surface area contributed by atoms with Crippen molar-refractivity contribution in [2.75, 3.05) is 49.4 Å². The van der Waals surface area contributed by atoms with Gasteiger partial charge in [-0.3, -0.25) is 0 Å². The number of aromatic nitrogens is 1. The maximum atomic E-state index is 5.89. The molecule has 0 radical (unpaired) electrons. The van der Waals surface area contributed by atoms with Gasteiger partial charge in [0.15, 0.2) is 5.13 Å². The summed E-state index contributed by atoms with van der Waals surface area (Å²) in [4.78, 5) is 7.05. The lowest BCUT2D eigenvalue weighted by atomic mass is 10.2. The molecule has 0 aliphatic carbocycles. The van der Waals surface area contributed by atoms with E-state index < -0.39 is 0 Å². The summed E-state index contributed by atoms with van der Waals surface area (Å²) < 4.78 is 11.9. The molecule has 25 heavy (non-hydrogen) atoms. The number of nitrogens with zero attached hydrogens (tertiary/aromatic N) is 2. The van der Waals surface area contributed by atoms with E-state index in [-0.39, 0.29) is 0 Å². The molecule has 1 fully saturated rings. The molecule has 1 aliphatic heterocycles. The molecule has 6 nitrogen and oxygen atoms in total. The van der Waals surface area contributed by atoms with Crippen molar-refractivity contribution in [2.24, 2.45) is 0 Å². The number of ether oxygens (including phenoxy) is 2. The fourth-order valence-corrected chi connectivity index (χ4v) is 3.78. The van der Waals surface area contributed by atoms with E-state index >= 15 is 0 Å². The second-order valence-electron chi connectivity index (χ2n) is 5.86. The first kappa shape index (κ1) is 16.0. The third-order valence-electron chi connectivity index (χ3n) is 4.21. The van der Waals surface area contributed by atoms with Gasteiger partial charge in [-0.2, -0.15) is 0 Å². The van der Waals surface area contributed by atoms with Crippen molar-refractivity contribution >= 4 is 43.7 Å². The Bertz CT molecular complexity index is 890. The number of methoxy groups -OCH3 is 1. The number of benzene rings is 2. The van der Waals surface area contributed by atoms with Crippen LogP contribution in [0, 0.1) is 0 Å². The topological polar surface area (TPSA) is 72.6 Å². The molecular formula is C18H20N4O2S. The van der Waals surface area contributed by atoms with Crippen molar-refractivity contribution in [2.45, 2.75) is 0 Å². The fourth-order valence-electron chi connectivity index (χ4n) is 2.93. The van der Waals surface area contributed by atoms with Crippen LogP contribution in [0.15, 0.2) is 36.4 Å². The monoisotopic (exact) mass is 356 g/mol. The number of rotatable bonds is 4. The van der Waals surface area contributed by atoms with Crippen LogP contribution in [-0.4, -0.2) is 38.4 Å². The molecule has 7 heteroatoms.